The van der Waals surface area contributed by atoms with Gasteiger partial charge >= 0.3 is 6.03 Å². The molecule has 4 amide bonds. The maximum absolute atomic E-state index is 14.1. The number of nitrogens with zero attached hydrogens (tertiary/aromatic N) is 2. The lowest BCUT2D eigenvalue weighted by Crippen LogP contribution is -2.44. The fourth-order valence-electron chi connectivity index (χ4n) is 5.64. The zero-order valence-electron chi connectivity index (χ0n) is 20.4. The van der Waals surface area contributed by atoms with Gasteiger partial charge in [-0.05, 0) is 41.8 Å². The number of amides is 4. The summed E-state index contributed by atoms with van der Waals surface area (Å²) in [4.78, 5) is 47.4. The molecule has 2 aliphatic rings. The van der Waals surface area contributed by atoms with Crippen LogP contribution < -0.4 is 10.2 Å². The number of anilines is 1. The highest BCUT2D eigenvalue weighted by Gasteiger charge is 2.53. The van der Waals surface area contributed by atoms with Crippen molar-refractivity contribution < 1.29 is 14.4 Å². The number of hydrogen-bond acceptors (Lipinski definition) is 3. The summed E-state index contributed by atoms with van der Waals surface area (Å²) in [5, 5.41) is 3.81. The summed E-state index contributed by atoms with van der Waals surface area (Å²) in [7, 11) is 0. The molecule has 1 aromatic heterocycles. The van der Waals surface area contributed by atoms with Crippen LogP contribution in [0, 0.1) is 6.92 Å². The van der Waals surface area contributed by atoms with Gasteiger partial charge in [0.15, 0.2) is 0 Å². The molecule has 4 aromatic rings. The quantitative estimate of drug-likeness (QED) is 0.309. The van der Waals surface area contributed by atoms with Gasteiger partial charge in [0, 0.05) is 29.6 Å². The first kappa shape index (κ1) is 22.8. The highest BCUT2D eigenvalue weighted by Crippen LogP contribution is 2.45. The van der Waals surface area contributed by atoms with E-state index in [2.05, 4.69) is 16.9 Å². The van der Waals surface area contributed by atoms with Crippen LogP contribution >= 0.6 is 0 Å². The summed E-state index contributed by atoms with van der Waals surface area (Å²) in [6, 6.07) is 21.1. The van der Waals surface area contributed by atoms with E-state index in [1.165, 1.54) is 4.90 Å². The highest BCUT2D eigenvalue weighted by atomic mass is 16.2. The first-order valence-corrected chi connectivity index (χ1v) is 12.3. The molecular formula is C30H26N4O3. The molecule has 2 N–H and O–H groups in total. The molecule has 7 nitrogen and oxygen atoms in total. The summed E-state index contributed by atoms with van der Waals surface area (Å²) in [5.41, 5.74) is 5.48. The molecule has 0 saturated carbocycles. The Kier molecular flexibility index (Phi) is 5.41. The Labute approximate surface area is 214 Å². The second kappa shape index (κ2) is 8.78. The van der Waals surface area contributed by atoms with Gasteiger partial charge in [-0.2, -0.15) is 0 Å². The van der Waals surface area contributed by atoms with Gasteiger partial charge in [-0.25, -0.2) is 9.69 Å². The number of urea groups is 1. The van der Waals surface area contributed by atoms with Crippen LogP contribution in [0.2, 0.25) is 0 Å². The number of carbonyl (C=O) groups excluding carboxylic acids is 3. The Balaban J connectivity index is 1.51. The zero-order valence-corrected chi connectivity index (χ0v) is 20.4. The standard InChI is InChI=1S/C30H26N4O3/c1-3-16-31-28(35)21-13-7-9-15-24(21)34-29(36)25-17-22-20-12-6-8-14-23(20)32-26(22)27(33(25)30(34)37)19-11-5-4-10-18(19)2/h3-15,25,27,32H,1,16-17H2,2H3,(H,31,35)/t25-,27?/m0/s1. The van der Waals surface area contributed by atoms with Gasteiger partial charge in [-0.3, -0.25) is 14.5 Å². The number of H-pyrrole nitrogens is 1. The number of aryl methyl sites for hydroxylation is 1. The molecule has 1 saturated heterocycles. The summed E-state index contributed by atoms with van der Waals surface area (Å²) in [6.45, 7) is 5.93. The van der Waals surface area contributed by atoms with E-state index in [9.17, 15) is 14.4 Å². The third kappa shape index (κ3) is 3.46. The number of rotatable bonds is 5. The van der Waals surface area contributed by atoms with Crippen LogP contribution in [0.25, 0.3) is 10.9 Å². The number of para-hydroxylation sites is 2. The number of carbonyl (C=O) groups is 3. The summed E-state index contributed by atoms with van der Waals surface area (Å²) < 4.78 is 0. The molecule has 1 fully saturated rings. The van der Waals surface area contributed by atoms with Crippen molar-refractivity contribution in [2.24, 2.45) is 0 Å². The lowest BCUT2D eigenvalue weighted by Gasteiger charge is -2.36. The van der Waals surface area contributed by atoms with E-state index in [1.54, 1.807) is 35.2 Å². The van der Waals surface area contributed by atoms with Gasteiger partial charge in [0.1, 0.15) is 12.1 Å². The van der Waals surface area contributed by atoms with E-state index in [4.69, 9.17) is 0 Å². The molecule has 3 aromatic carbocycles. The fraction of sp³-hybridized carbons (Fsp3) is 0.167. The van der Waals surface area contributed by atoms with Crippen molar-refractivity contribution in [1.29, 1.82) is 0 Å². The fourth-order valence-corrected chi connectivity index (χ4v) is 5.64. The summed E-state index contributed by atoms with van der Waals surface area (Å²) in [6.07, 6.45) is 1.98. The monoisotopic (exact) mass is 490 g/mol. The van der Waals surface area contributed by atoms with Gasteiger partial charge in [0.25, 0.3) is 11.8 Å². The highest BCUT2D eigenvalue weighted by molar-refractivity contribution is 6.24. The van der Waals surface area contributed by atoms with E-state index in [1.807, 2.05) is 55.5 Å². The van der Waals surface area contributed by atoms with E-state index in [-0.39, 0.29) is 29.6 Å². The van der Waals surface area contributed by atoms with Gasteiger partial charge in [-0.15, -0.1) is 6.58 Å². The summed E-state index contributed by atoms with van der Waals surface area (Å²) >= 11 is 0. The second-order valence-electron chi connectivity index (χ2n) is 9.42. The number of aromatic amines is 1. The van der Waals surface area contributed by atoms with Crippen LogP contribution in [0.4, 0.5) is 10.5 Å². The molecule has 0 bridgehead atoms. The first-order chi connectivity index (χ1) is 18.0. The topological polar surface area (TPSA) is 85.5 Å². The SMILES string of the molecule is C=CCNC(=O)c1ccccc1N1C(=O)[C@@H]2Cc3c([nH]c4ccccc34)C(c3ccccc3C)N2C1=O. The minimum Gasteiger partial charge on any atom is -0.356 e. The van der Waals surface area contributed by atoms with E-state index >= 15 is 0 Å². The van der Waals surface area contributed by atoms with E-state index in [0.29, 0.717) is 6.42 Å². The van der Waals surface area contributed by atoms with Crippen molar-refractivity contribution in [3.05, 3.63) is 113 Å². The normalized spacial score (nSPS) is 18.6. The van der Waals surface area contributed by atoms with E-state index in [0.717, 1.165) is 33.3 Å². The lowest BCUT2D eigenvalue weighted by molar-refractivity contribution is -0.120. The molecule has 0 aliphatic carbocycles. The molecule has 0 radical (unpaired) electrons. The number of benzene rings is 3. The molecule has 7 heteroatoms. The molecule has 184 valence electrons. The number of imide groups is 1. The van der Waals surface area contributed by atoms with Crippen LogP contribution in [0.5, 0.6) is 0 Å². The number of hydrogen-bond donors (Lipinski definition) is 2. The summed E-state index contributed by atoms with van der Waals surface area (Å²) in [5.74, 6) is -0.698. The Morgan fingerprint density at radius 1 is 1.05 bits per heavy atom. The smallest absolute Gasteiger partial charge is 0.332 e. The average molecular weight is 491 g/mol. The Bertz CT molecular complexity index is 1590. The number of fused-ring (bicyclic) bond motifs is 4. The predicted molar refractivity (Wildman–Crippen MR) is 143 cm³/mol. The van der Waals surface area contributed by atoms with Crippen LogP contribution in [-0.4, -0.2) is 40.3 Å². The van der Waals surface area contributed by atoms with Crippen LogP contribution in [0.3, 0.4) is 0 Å². The minimum absolute atomic E-state index is 0.266. The Hall–Kier alpha value is -4.65. The van der Waals surface area contributed by atoms with E-state index < -0.39 is 18.1 Å². The van der Waals surface area contributed by atoms with Crippen molar-refractivity contribution in [2.45, 2.75) is 25.4 Å². The van der Waals surface area contributed by atoms with Crippen LogP contribution in [-0.2, 0) is 11.2 Å². The Morgan fingerprint density at radius 2 is 1.78 bits per heavy atom. The number of aromatic nitrogens is 1. The zero-order chi connectivity index (χ0) is 25.7. The first-order valence-electron chi connectivity index (χ1n) is 12.3. The number of nitrogens with one attached hydrogen (secondary N) is 2. The molecule has 3 heterocycles. The molecule has 37 heavy (non-hydrogen) atoms. The molecule has 2 aliphatic heterocycles. The third-order valence-electron chi connectivity index (χ3n) is 7.33. The minimum atomic E-state index is -0.687. The lowest BCUT2D eigenvalue weighted by atomic mass is 9.87. The molecule has 0 spiro atoms. The molecule has 2 atom stereocenters. The molecule has 6 rings (SSSR count). The largest absolute Gasteiger partial charge is 0.356 e. The third-order valence-corrected chi connectivity index (χ3v) is 7.33. The van der Waals surface area contributed by atoms with Gasteiger partial charge in [-0.1, -0.05) is 60.7 Å². The average Bonchev–Trinajstić information content (AvgIpc) is 3.41. The van der Waals surface area contributed by atoms with Gasteiger partial charge in [0.2, 0.25) is 0 Å². The molecule has 1 unspecified atom stereocenters. The van der Waals surface area contributed by atoms with Crippen LogP contribution in [0.1, 0.15) is 38.8 Å². The van der Waals surface area contributed by atoms with Crippen molar-refractivity contribution in [1.82, 2.24) is 15.2 Å². The maximum Gasteiger partial charge on any atom is 0.332 e. The van der Waals surface area contributed by atoms with Gasteiger partial charge < -0.3 is 10.3 Å². The maximum atomic E-state index is 14.1. The Morgan fingerprint density at radius 3 is 2.59 bits per heavy atom. The van der Waals surface area contributed by atoms with Crippen molar-refractivity contribution in [3.8, 4) is 0 Å². The van der Waals surface area contributed by atoms with Crippen LogP contribution in [0.15, 0.2) is 85.5 Å². The van der Waals surface area contributed by atoms with Gasteiger partial charge in [0.05, 0.1) is 11.3 Å². The molecular weight excluding hydrogens is 464 g/mol. The van der Waals surface area contributed by atoms with Crippen molar-refractivity contribution in [2.75, 3.05) is 11.4 Å². The second-order valence-corrected chi connectivity index (χ2v) is 9.42. The predicted octanol–water partition coefficient (Wildman–Crippen LogP) is 4.88. The van der Waals surface area contributed by atoms with Crippen molar-refractivity contribution in [3.63, 3.8) is 0 Å². The van der Waals surface area contributed by atoms with Crippen molar-refractivity contribution >= 4 is 34.4 Å².